The fraction of sp³-hybridized carbons (Fsp3) is 0.368. The number of aryl methyl sites for hydroxylation is 1. The van der Waals surface area contributed by atoms with Gasteiger partial charge in [0.05, 0.1) is 0 Å². The lowest BCUT2D eigenvalue weighted by Gasteiger charge is -2.17. The van der Waals surface area contributed by atoms with Gasteiger partial charge in [0.2, 0.25) is 0 Å². The lowest BCUT2D eigenvalue weighted by atomic mass is 9.88. The van der Waals surface area contributed by atoms with Crippen molar-refractivity contribution in [1.82, 2.24) is 0 Å². The zero-order valence-electron chi connectivity index (χ0n) is 12.5. The van der Waals surface area contributed by atoms with E-state index in [1.54, 1.807) is 6.07 Å². The molecule has 1 atom stereocenters. The molecule has 1 heteroatoms. The van der Waals surface area contributed by atoms with Crippen molar-refractivity contribution in [3.8, 4) is 5.75 Å². The molecule has 0 saturated heterocycles. The summed E-state index contributed by atoms with van der Waals surface area (Å²) in [5.41, 5.74) is 3.91. The van der Waals surface area contributed by atoms with Gasteiger partial charge < -0.3 is 5.11 Å². The highest BCUT2D eigenvalue weighted by Crippen LogP contribution is 2.28. The molecule has 1 N–H and O–H groups in total. The van der Waals surface area contributed by atoms with Gasteiger partial charge in [0.1, 0.15) is 5.75 Å². The minimum absolute atomic E-state index is 0.408. The number of phenols is 1. The Balaban J connectivity index is 2.16. The van der Waals surface area contributed by atoms with Crippen molar-refractivity contribution in [1.29, 1.82) is 0 Å². The number of unbranched alkanes of at least 4 members (excludes halogenated alkanes) is 1. The number of hydrogen-bond acceptors (Lipinski definition) is 1. The maximum absolute atomic E-state index is 9.92. The first kappa shape index (κ1) is 14.6. The second kappa shape index (κ2) is 7.14. The molecule has 0 bridgehead atoms. The van der Waals surface area contributed by atoms with Crippen LogP contribution in [-0.4, -0.2) is 5.11 Å². The first-order valence-corrected chi connectivity index (χ1v) is 7.57. The fourth-order valence-electron chi connectivity index (χ4n) is 2.73. The molecule has 1 unspecified atom stereocenters. The smallest absolute Gasteiger partial charge is 0.118 e. The quantitative estimate of drug-likeness (QED) is 0.774. The maximum atomic E-state index is 9.92. The van der Waals surface area contributed by atoms with Crippen LogP contribution in [0.25, 0.3) is 0 Å². The Morgan fingerprint density at radius 1 is 0.950 bits per heavy atom. The number of benzene rings is 2. The molecule has 2 aromatic rings. The number of hydrogen-bond donors (Lipinski definition) is 1. The molecule has 0 heterocycles. The van der Waals surface area contributed by atoms with Gasteiger partial charge in [-0.3, -0.25) is 0 Å². The molecule has 20 heavy (non-hydrogen) atoms. The van der Waals surface area contributed by atoms with Crippen LogP contribution in [0.4, 0.5) is 0 Å². The highest BCUT2D eigenvalue weighted by Gasteiger charge is 2.12. The lowest BCUT2D eigenvalue weighted by molar-refractivity contribution is 0.465. The zero-order valence-corrected chi connectivity index (χ0v) is 12.5. The summed E-state index contributed by atoms with van der Waals surface area (Å²) in [6.07, 6.45) is 4.50. The monoisotopic (exact) mass is 268 g/mol. The Kier molecular flexibility index (Phi) is 5.23. The summed E-state index contributed by atoms with van der Waals surface area (Å²) in [6.45, 7) is 4.48. The van der Waals surface area contributed by atoms with Crippen LogP contribution in [0, 0.1) is 0 Å². The van der Waals surface area contributed by atoms with Crippen molar-refractivity contribution in [3.63, 3.8) is 0 Å². The fourth-order valence-corrected chi connectivity index (χ4v) is 2.73. The maximum Gasteiger partial charge on any atom is 0.118 e. The van der Waals surface area contributed by atoms with E-state index < -0.39 is 0 Å². The summed E-state index contributed by atoms with van der Waals surface area (Å²) in [5.74, 6) is 0.835. The topological polar surface area (TPSA) is 20.2 Å². The standard InChI is InChI=1S/C19H24O/c1-3-4-9-16-10-5-7-12-18(16)15(2)14-17-11-6-8-13-19(17)20/h5-8,10-13,15,20H,3-4,9,14H2,1-2H3. The van der Waals surface area contributed by atoms with Gasteiger partial charge in [-0.1, -0.05) is 62.7 Å². The van der Waals surface area contributed by atoms with Crippen LogP contribution in [0.1, 0.15) is 49.3 Å². The van der Waals surface area contributed by atoms with Gasteiger partial charge in [0.15, 0.2) is 0 Å². The van der Waals surface area contributed by atoms with Crippen LogP contribution < -0.4 is 0 Å². The van der Waals surface area contributed by atoms with E-state index in [0.717, 1.165) is 18.4 Å². The van der Waals surface area contributed by atoms with Gasteiger partial charge in [0, 0.05) is 0 Å². The summed E-state index contributed by atoms with van der Waals surface area (Å²) < 4.78 is 0. The first-order chi connectivity index (χ1) is 9.72. The molecule has 106 valence electrons. The number of aromatic hydroxyl groups is 1. The van der Waals surface area contributed by atoms with E-state index in [0.29, 0.717) is 11.7 Å². The molecule has 1 nitrogen and oxygen atoms in total. The van der Waals surface area contributed by atoms with E-state index in [1.807, 2.05) is 18.2 Å². The largest absolute Gasteiger partial charge is 0.508 e. The van der Waals surface area contributed by atoms with Crippen molar-refractivity contribution < 1.29 is 5.11 Å². The van der Waals surface area contributed by atoms with Crippen LogP contribution in [0.15, 0.2) is 48.5 Å². The predicted octanol–water partition coefficient (Wildman–Crippen LogP) is 5.08. The van der Waals surface area contributed by atoms with E-state index in [9.17, 15) is 5.11 Å². The average Bonchev–Trinajstić information content (AvgIpc) is 2.47. The van der Waals surface area contributed by atoms with E-state index in [2.05, 4.69) is 38.1 Å². The molecular weight excluding hydrogens is 244 g/mol. The second-order valence-electron chi connectivity index (χ2n) is 5.54. The Morgan fingerprint density at radius 2 is 1.60 bits per heavy atom. The van der Waals surface area contributed by atoms with Gasteiger partial charge >= 0.3 is 0 Å². The van der Waals surface area contributed by atoms with Crippen LogP contribution in [-0.2, 0) is 12.8 Å². The molecule has 0 amide bonds. The summed E-state index contributed by atoms with van der Waals surface area (Å²) in [4.78, 5) is 0. The number of para-hydroxylation sites is 1. The van der Waals surface area contributed by atoms with Crippen molar-refractivity contribution >= 4 is 0 Å². The van der Waals surface area contributed by atoms with Crippen LogP contribution in [0.3, 0.4) is 0 Å². The van der Waals surface area contributed by atoms with Crippen LogP contribution in [0.5, 0.6) is 5.75 Å². The summed E-state index contributed by atoms with van der Waals surface area (Å²) in [7, 11) is 0. The summed E-state index contributed by atoms with van der Waals surface area (Å²) >= 11 is 0. The van der Waals surface area contributed by atoms with E-state index >= 15 is 0 Å². The molecule has 0 fully saturated rings. The first-order valence-electron chi connectivity index (χ1n) is 7.57. The van der Waals surface area contributed by atoms with Gasteiger partial charge in [-0.25, -0.2) is 0 Å². The number of rotatable bonds is 6. The van der Waals surface area contributed by atoms with E-state index in [1.165, 1.54) is 24.0 Å². The minimum Gasteiger partial charge on any atom is -0.508 e. The third-order valence-electron chi connectivity index (χ3n) is 3.90. The molecule has 0 saturated carbocycles. The molecule has 2 aromatic carbocycles. The minimum atomic E-state index is 0.408. The summed E-state index contributed by atoms with van der Waals surface area (Å²) in [5, 5.41) is 9.92. The molecule has 0 aromatic heterocycles. The lowest BCUT2D eigenvalue weighted by Crippen LogP contribution is -2.03. The second-order valence-corrected chi connectivity index (χ2v) is 5.54. The zero-order chi connectivity index (χ0) is 14.4. The Labute approximate surface area is 122 Å². The van der Waals surface area contributed by atoms with Crippen LogP contribution >= 0.6 is 0 Å². The Hall–Kier alpha value is -1.76. The van der Waals surface area contributed by atoms with Crippen molar-refractivity contribution in [3.05, 3.63) is 65.2 Å². The molecule has 2 rings (SSSR count). The third kappa shape index (κ3) is 3.63. The van der Waals surface area contributed by atoms with Crippen molar-refractivity contribution in [2.75, 3.05) is 0 Å². The summed E-state index contributed by atoms with van der Waals surface area (Å²) in [6, 6.07) is 16.4. The van der Waals surface area contributed by atoms with Crippen molar-refractivity contribution in [2.24, 2.45) is 0 Å². The van der Waals surface area contributed by atoms with Crippen molar-refractivity contribution in [2.45, 2.75) is 45.4 Å². The molecule has 0 radical (unpaired) electrons. The average molecular weight is 268 g/mol. The van der Waals surface area contributed by atoms with E-state index in [-0.39, 0.29) is 0 Å². The Bertz CT molecular complexity index is 545. The van der Waals surface area contributed by atoms with Crippen LogP contribution in [0.2, 0.25) is 0 Å². The van der Waals surface area contributed by atoms with Gasteiger partial charge in [-0.15, -0.1) is 0 Å². The SMILES string of the molecule is CCCCc1ccccc1C(C)Cc1ccccc1O. The normalized spacial score (nSPS) is 12.3. The van der Waals surface area contributed by atoms with E-state index in [4.69, 9.17) is 0 Å². The third-order valence-corrected chi connectivity index (χ3v) is 3.90. The van der Waals surface area contributed by atoms with Gasteiger partial charge in [0.25, 0.3) is 0 Å². The highest BCUT2D eigenvalue weighted by atomic mass is 16.3. The van der Waals surface area contributed by atoms with Gasteiger partial charge in [-0.2, -0.15) is 0 Å². The molecule has 0 aliphatic heterocycles. The molecule has 0 aliphatic rings. The number of phenolic OH excluding ortho intramolecular Hbond substituents is 1. The van der Waals surface area contributed by atoms with Gasteiger partial charge in [-0.05, 0) is 47.9 Å². The molecular formula is C19H24O. The molecule has 0 aliphatic carbocycles. The molecule has 0 spiro atoms. The predicted molar refractivity (Wildman–Crippen MR) is 85.3 cm³/mol. The Morgan fingerprint density at radius 3 is 2.30 bits per heavy atom. The highest BCUT2D eigenvalue weighted by molar-refractivity contribution is 5.36.